The Balaban J connectivity index is 1.67. The minimum atomic E-state index is -1.12. The number of hydrogen-bond acceptors (Lipinski definition) is 8. The van der Waals surface area contributed by atoms with Crippen molar-refractivity contribution in [2.24, 2.45) is 10.8 Å². The van der Waals surface area contributed by atoms with E-state index < -0.39 is 30.2 Å². The van der Waals surface area contributed by atoms with Crippen LogP contribution in [0.4, 0.5) is 5.69 Å². The Labute approximate surface area is 188 Å². The highest BCUT2D eigenvalue weighted by atomic mass is 16.7. The molecule has 2 aromatic rings. The molecule has 0 saturated heterocycles. The second-order valence-corrected chi connectivity index (χ2v) is 6.83. The summed E-state index contributed by atoms with van der Waals surface area (Å²) in [6.45, 7) is -0.360. The van der Waals surface area contributed by atoms with Gasteiger partial charge in [-0.2, -0.15) is 0 Å². The molecule has 1 aliphatic heterocycles. The largest absolute Gasteiger partial charge is 0.493 e. The highest BCUT2D eigenvalue weighted by molar-refractivity contribution is 5.97. The van der Waals surface area contributed by atoms with Gasteiger partial charge in [-0.05, 0) is 35.9 Å². The third-order valence-corrected chi connectivity index (χ3v) is 4.60. The molecule has 33 heavy (non-hydrogen) atoms. The lowest BCUT2D eigenvalue weighted by molar-refractivity contribution is -0.137. The van der Waals surface area contributed by atoms with Gasteiger partial charge in [0, 0.05) is 5.56 Å². The molecule has 1 atom stereocenters. The molecular formula is C21H23N5O7. The third kappa shape index (κ3) is 6.11. The molecule has 0 aliphatic carbocycles. The quantitative estimate of drug-likeness (QED) is 0.148. The molecule has 0 radical (unpaired) electrons. The van der Waals surface area contributed by atoms with Crippen molar-refractivity contribution in [2.45, 2.75) is 12.5 Å². The molecule has 12 heteroatoms. The van der Waals surface area contributed by atoms with Gasteiger partial charge in [0.25, 0.3) is 5.91 Å². The predicted molar refractivity (Wildman–Crippen MR) is 117 cm³/mol. The van der Waals surface area contributed by atoms with E-state index in [9.17, 15) is 19.5 Å². The van der Waals surface area contributed by atoms with Gasteiger partial charge in [-0.25, -0.2) is 10.8 Å². The number of benzene rings is 2. The summed E-state index contributed by atoms with van der Waals surface area (Å²) in [5.74, 6) is 4.08. The maximum Gasteiger partial charge on any atom is 0.305 e. The van der Waals surface area contributed by atoms with Crippen LogP contribution in [0.25, 0.3) is 0 Å². The van der Waals surface area contributed by atoms with Crippen LogP contribution < -0.4 is 36.1 Å². The standard InChI is InChI=1S/C21H23N5O7/c1-31-16-6-13(7-17-20(16)33-11-32-17)15(8-19(28)29)26-18(27)9-23-21(30)12-3-2-4-14(5-12)24-10-25-22/h2-7,10,15H,8-9,11,22H2,1H3,(H,23,30)(H,24,25)(H,26,27)(H,28,29). The van der Waals surface area contributed by atoms with E-state index in [2.05, 4.69) is 21.1 Å². The molecule has 12 nitrogen and oxygen atoms in total. The molecular weight excluding hydrogens is 434 g/mol. The lowest BCUT2D eigenvalue weighted by Crippen LogP contribution is -2.39. The normalized spacial score (nSPS) is 12.8. The molecule has 0 saturated carbocycles. The van der Waals surface area contributed by atoms with Crippen molar-refractivity contribution >= 4 is 29.8 Å². The molecule has 0 bridgehead atoms. The lowest BCUT2D eigenvalue weighted by Gasteiger charge is -2.19. The summed E-state index contributed by atoms with van der Waals surface area (Å²) in [4.78, 5) is 40.3. The number of nitrogens with two attached hydrogens (primary N) is 1. The Morgan fingerprint density at radius 3 is 2.82 bits per heavy atom. The van der Waals surface area contributed by atoms with Crippen molar-refractivity contribution in [2.75, 3.05) is 20.4 Å². The number of carbonyl (C=O) groups is 3. The monoisotopic (exact) mass is 457 g/mol. The smallest absolute Gasteiger partial charge is 0.305 e. The van der Waals surface area contributed by atoms with E-state index in [1.807, 2.05) is 0 Å². The van der Waals surface area contributed by atoms with Crippen molar-refractivity contribution < 1.29 is 33.7 Å². The Morgan fingerprint density at radius 2 is 2.09 bits per heavy atom. The van der Waals surface area contributed by atoms with Crippen molar-refractivity contribution in [1.82, 2.24) is 16.1 Å². The summed E-state index contributed by atoms with van der Waals surface area (Å²) in [5.41, 5.74) is 3.50. The van der Waals surface area contributed by atoms with Crippen molar-refractivity contribution in [3.63, 3.8) is 0 Å². The first-order valence-corrected chi connectivity index (χ1v) is 9.77. The number of methoxy groups -OCH3 is 1. The number of rotatable bonds is 10. The number of fused-ring (bicyclic) bond motifs is 1. The first-order chi connectivity index (χ1) is 15.9. The molecule has 0 fully saturated rings. The number of hydrazine groups is 1. The zero-order chi connectivity index (χ0) is 23.8. The molecule has 2 aromatic carbocycles. The van der Waals surface area contributed by atoms with Crippen LogP contribution in [0.15, 0.2) is 41.4 Å². The van der Waals surface area contributed by atoms with Crippen LogP contribution in [-0.4, -0.2) is 49.7 Å². The molecule has 174 valence electrons. The average molecular weight is 457 g/mol. The lowest BCUT2D eigenvalue weighted by atomic mass is 10.0. The van der Waals surface area contributed by atoms with Crippen LogP contribution in [0, 0.1) is 0 Å². The van der Waals surface area contributed by atoms with Gasteiger partial charge in [0.1, 0.15) is 6.34 Å². The Hall–Kier alpha value is -4.32. The van der Waals surface area contributed by atoms with E-state index >= 15 is 0 Å². The minimum absolute atomic E-state index is 0.00633. The van der Waals surface area contributed by atoms with Crippen LogP contribution in [0.1, 0.15) is 28.4 Å². The van der Waals surface area contributed by atoms with Crippen LogP contribution in [0.3, 0.4) is 0 Å². The van der Waals surface area contributed by atoms with Crippen LogP contribution in [-0.2, 0) is 9.59 Å². The van der Waals surface area contributed by atoms with Crippen LogP contribution in [0.2, 0.25) is 0 Å². The van der Waals surface area contributed by atoms with E-state index in [0.717, 1.165) is 0 Å². The first kappa shape index (κ1) is 23.3. The third-order valence-electron chi connectivity index (χ3n) is 4.60. The summed E-state index contributed by atoms with van der Waals surface area (Å²) in [5, 5.41) is 14.4. The van der Waals surface area contributed by atoms with Gasteiger partial charge in [-0.3, -0.25) is 14.4 Å². The number of ether oxygens (including phenoxy) is 3. The maximum absolute atomic E-state index is 12.5. The SMILES string of the molecule is COc1cc(C(CC(=O)O)NC(=O)CNC(=O)c2cccc(N=CNN)c2)cc2c1OCO2. The number of nitrogens with zero attached hydrogens (tertiary/aromatic N) is 1. The van der Waals surface area contributed by atoms with E-state index in [-0.39, 0.29) is 18.9 Å². The molecule has 1 unspecified atom stereocenters. The number of aliphatic carboxylic acids is 1. The number of amides is 2. The number of carboxylic acids is 1. The Bertz CT molecular complexity index is 1070. The van der Waals surface area contributed by atoms with Crippen molar-refractivity contribution in [3.8, 4) is 17.2 Å². The maximum atomic E-state index is 12.5. The molecule has 0 aromatic heterocycles. The van der Waals surface area contributed by atoms with Gasteiger partial charge in [0.05, 0.1) is 31.8 Å². The van der Waals surface area contributed by atoms with Crippen LogP contribution in [0.5, 0.6) is 17.2 Å². The number of carboxylic acid groups (broad SMARTS) is 1. The van der Waals surface area contributed by atoms with Gasteiger partial charge in [0.2, 0.25) is 18.4 Å². The van der Waals surface area contributed by atoms with Gasteiger partial charge in [0.15, 0.2) is 11.5 Å². The highest BCUT2D eigenvalue weighted by Crippen LogP contribution is 2.43. The number of hydrogen-bond donors (Lipinski definition) is 5. The minimum Gasteiger partial charge on any atom is -0.493 e. The predicted octanol–water partition coefficient (Wildman–Crippen LogP) is 0.609. The molecule has 6 N–H and O–H groups in total. The summed E-state index contributed by atoms with van der Waals surface area (Å²) in [7, 11) is 1.44. The molecule has 3 rings (SSSR count). The number of aliphatic imine (C=N–C) groups is 1. The summed E-state index contributed by atoms with van der Waals surface area (Å²) in [6.07, 6.45) is 0.871. The van der Waals surface area contributed by atoms with Gasteiger partial charge in [-0.15, -0.1) is 0 Å². The van der Waals surface area contributed by atoms with E-state index in [4.69, 9.17) is 20.1 Å². The van der Waals surface area contributed by atoms with Crippen LogP contribution >= 0.6 is 0 Å². The summed E-state index contributed by atoms with van der Waals surface area (Å²) < 4.78 is 16.0. The van der Waals surface area contributed by atoms with E-state index in [1.165, 1.54) is 19.5 Å². The fourth-order valence-corrected chi connectivity index (χ4v) is 3.13. The fraction of sp³-hybridized carbons (Fsp3) is 0.238. The molecule has 1 aliphatic rings. The van der Waals surface area contributed by atoms with Gasteiger partial charge < -0.3 is 35.4 Å². The first-order valence-electron chi connectivity index (χ1n) is 9.77. The topological polar surface area (TPSA) is 174 Å². The van der Waals surface area contributed by atoms with Gasteiger partial charge in [-0.1, -0.05) is 6.07 Å². The second kappa shape index (κ2) is 10.8. The zero-order valence-corrected chi connectivity index (χ0v) is 17.7. The molecule has 0 spiro atoms. The van der Waals surface area contributed by atoms with Gasteiger partial charge >= 0.3 is 5.97 Å². The molecule has 2 amide bonds. The summed E-state index contributed by atoms with van der Waals surface area (Å²) in [6, 6.07) is 8.65. The zero-order valence-electron chi connectivity index (χ0n) is 17.7. The Kier molecular flexibility index (Phi) is 7.65. The Morgan fingerprint density at radius 1 is 1.27 bits per heavy atom. The molecule has 1 heterocycles. The van der Waals surface area contributed by atoms with E-state index in [0.29, 0.717) is 28.5 Å². The summed E-state index contributed by atoms with van der Waals surface area (Å²) >= 11 is 0. The number of carbonyl (C=O) groups excluding carboxylic acids is 2. The average Bonchev–Trinajstić information content (AvgIpc) is 3.29. The second-order valence-electron chi connectivity index (χ2n) is 6.83. The van der Waals surface area contributed by atoms with E-state index in [1.54, 1.807) is 30.3 Å². The fourth-order valence-electron chi connectivity index (χ4n) is 3.13. The van der Waals surface area contributed by atoms with Crippen molar-refractivity contribution in [1.29, 1.82) is 0 Å². The number of nitrogens with one attached hydrogen (secondary N) is 3. The van der Waals surface area contributed by atoms with Crippen molar-refractivity contribution in [3.05, 3.63) is 47.5 Å². The highest BCUT2D eigenvalue weighted by Gasteiger charge is 2.25.